The van der Waals surface area contributed by atoms with Crippen LogP contribution in [0, 0.1) is 5.82 Å². The third-order valence-electron chi connectivity index (χ3n) is 6.60. The molecular formula is C27H28FN3O4. The van der Waals surface area contributed by atoms with Crippen LogP contribution in [0.2, 0.25) is 0 Å². The summed E-state index contributed by atoms with van der Waals surface area (Å²) in [6.45, 7) is 2.37. The third-order valence-corrected chi connectivity index (χ3v) is 6.60. The van der Waals surface area contributed by atoms with Crippen molar-refractivity contribution in [2.75, 3.05) is 13.2 Å². The molecule has 1 unspecified atom stereocenters. The molecular weight excluding hydrogens is 449 g/mol. The van der Waals surface area contributed by atoms with E-state index in [1.807, 2.05) is 31.2 Å². The van der Waals surface area contributed by atoms with Crippen LogP contribution in [0.5, 0.6) is 0 Å². The molecule has 8 heteroatoms. The van der Waals surface area contributed by atoms with Crippen LogP contribution in [0.4, 0.5) is 9.18 Å². The van der Waals surface area contributed by atoms with Crippen LogP contribution in [0.25, 0.3) is 11.1 Å². The highest BCUT2D eigenvalue weighted by Gasteiger charge is 2.43. The van der Waals surface area contributed by atoms with Crippen molar-refractivity contribution >= 4 is 12.0 Å². The van der Waals surface area contributed by atoms with E-state index in [2.05, 4.69) is 4.98 Å². The molecule has 0 saturated carbocycles. The molecule has 7 nitrogen and oxygen atoms in total. The number of carbonyl (C=O) groups excluding carboxylic acids is 2. The molecule has 35 heavy (non-hydrogen) atoms. The fourth-order valence-electron chi connectivity index (χ4n) is 4.53. The van der Waals surface area contributed by atoms with Crippen LogP contribution < -0.4 is 5.73 Å². The average molecular weight is 478 g/mol. The first-order valence-electron chi connectivity index (χ1n) is 11.5. The van der Waals surface area contributed by atoms with Crippen molar-refractivity contribution in [2.24, 2.45) is 5.73 Å². The molecule has 1 aliphatic heterocycles. The molecule has 4 rings (SSSR count). The number of nitrogens with zero attached hydrogens (tertiary/aromatic N) is 2. The Labute approximate surface area is 203 Å². The van der Waals surface area contributed by atoms with E-state index in [1.54, 1.807) is 29.3 Å². The van der Waals surface area contributed by atoms with Crippen LogP contribution in [-0.4, -0.2) is 40.1 Å². The van der Waals surface area contributed by atoms with E-state index in [-0.39, 0.29) is 18.5 Å². The van der Waals surface area contributed by atoms with Crippen LogP contribution in [-0.2, 0) is 10.3 Å². The lowest BCUT2D eigenvalue weighted by atomic mass is 9.84. The van der Waals surface area contributed by atoms with Crippen molar-refractivity contribution in [2.45, 2.75) is 37.8 Å². The van der Waals surface area contributed by atoms with E-state index >= 15 is 0 Å². The molecule has 2 heterocycles. The highest BCUT2D eigenvalue weighted by Crippen LogP contribution is 2.40. The highest BCUT2D eigenvalue weighted by molar-refractivity contribution is 5.93. The van der Waals surface area contributed by atoms with Crippen molar-refractivity contribution in [1.82, 2.24) is 9.88 Å². The Morgan fingerprint density at radius 2 is 1.89 bits per heavy atom. The number of rotatable bonds is 8. The summed E-state index contributed by atoms with van der Waals surface area (Å²) >= 11 is 0. The summed E-state index contributed by atoms with van der Waals surface area (Å²) in [5.74, 6) is -0.895. The third kappa shape index (κ3) is 5.17. The lowest BCUT2D eigenvalue weighted by Gasteiger charge is -2.43. The Morgan fingerprint density at radius 1 is 1.17 bits per heavy atom. The summed E-state index contributed by atoms with van der Waals surface area (Å²) in [5, 5.41) is 9.37. The van der Waals surface area contributed by atoms with E-state index in [4.69, 9.17) is 10.5 Å². The average Bonchev–Trinajstić information content (AvgIpc) is 2.87. The number of aliphatic hydroxyl groups is 1. The van der Waals surface area contributed by atoms with Crippen molar-refractivity contribution in [3.05, 3.63) is 89.5 Å². The lowest BCUT2D eigenvalue weighted by Crippen LogP contribution is -2.48. The number of aliphatic hydroxyl groups excluding tert-OH is 1. The molecule has 3 aromatic rings. The number of ether oxygens (including phenoxy) is 1. The number of carbonyl (C=O) groups is 2. The summed E-state index contributed by atoms with van der Waals surface area (Å²) in [7, 11) is 0. The SMILES string of the molecule is C[C@@H](c1ccc(-c2cncc(C(N)=O)c2)cc1)N1CCC(CCCO)(c2ccc(F)cc2)OC1=O. The molecule has 0 bridgehead atoms. The molecule has 0 spiro atoms. The number of hydrogen-bond acceptors (Lipinski definition) is 5. The summed E-state index contributed by atoms with van der Waals surface area (Å²) in [5.41, 5.74) is 8.08. The van der Waals surface area contributed by atoms with Gasteiger partial charge in [-0.15, -0.1) is 0 Å². The van der Waals surface area contributed by atoms with Gasteiger partial charge in [0.15, 0.2) is 0 Å². The Balaban J connectivity index is 1.51. The van der Waals surface area contributed by atoms with Gasteiger partial charge in [-0.2, -0.15) is 0 Å². The summed E-state index contributed by atoms with van der Waals surface area (Å²) < 4.78 is 19.5. The normalized spacial score (nSPS) is 18.7. The van der Waals surface area contributed by atoms with Crippen molar-refractivity contribution < 1.29 is 23.8 Å². The molecule has 182 valence electrons. The summed E-state index contributed by atoms with van der Waals surface area (Å²) in [6, 6.07) is 15.1. The van der Waals surface area contributed by atoms with Crippen molar-refractivity contribution in [3.8, 4) is 11.1 Å². The molecule has 1 saturated heterocycles. The number of hydrogen-bond donors (Lipinski definition) is 2. The van der Waals surface area contributed by atoms with Gasteiger partial charge in [-0.25, -0.2) is 9.18 Å². The number of pyridine rings is 1. The number of amides is 2. The summed E-state index contributed by atoms with van der Waals surface area (Å²) in [4.78, 5) is 30.3. The Bertz CT molecular complexity index is 1200. The highest BCUT2D eigenvalue weighted by atomic mass is 19.1. The minimum atomic E-state index is -0.897. The predicted octanol–water partition coefficient (Wildman–Crippen LogP) is 4.56. The Kier molecular flexibility index (Phi) is 7.12. The van der Waals surface area contributed by atoms with Gasteiger partial charge in [0.2, 0.25) is 5.91 Å². The fourth-order valence-corrected chi connectivity index (χ4v) is 4.53. The maximum Gasteiger partial charge on any atom is 0.411 e. The van der Waals surface area contributed by atoms with E-state index in [9.17, 15) is 19.1 Å². The zero-order chi connectivity index (χ0) is 25.0. The monoisotopic (exact) mass is 477 g/mol. The molecule has 1 aromatic heterocycles. The molecule has 0 radical (unpaired) electrons. The van der Waals surface area contributed by atoms with Crippen LogP contribution >= 0.6 is 0 Å². The van der Waals surface area contributed by atoms with E-state index in [0.717, 1.165) is 22.3 Å². The van der Waals surface area contributed by atoms with Gasteiger partial charge in [-0.3, -0.25) is 9.78 Å². The first-order chi connectivity index (χ1) is 16.8. The van der Waals surface area contributed by atoms with Crippen LogP contribution in [0.1, 0.15) is 53.7 Å². The van der Waals surface area contributed by atoms with Gasteiger partial charge in [0.1, 0.15) is 11.4 Å². The van der Waals surface area contributed by atoms with Gasteiger partial charge in [-0.1, -0.05) is 36.4 Å². The van der Waals surface area contributed by atoms with E-state index < -0.39 is 17.6 Å². The number of aromatic nitrogens is 1. The van der Waals surface area contributed by atoms with Crippen LogP contribution in [0.15, 0.2) is 67.0 Å². The molecule has 2 aromatic carbocycles. The van der Waals surface area contributed by atoms with Crippen molar-refractivity contribution in [3.63, 3.8) is 0 Å². The first-order valence-corrected chi connectivity index (χ1v) is 11.5. The standard InChI is InChI=1S/C27H28FN3O4/c1-18(19-3-5-20(6-4-19)21-15-22(25(29)33)17-30-16-21)31-13-12-27(11-2-14-32,35-26(31)34)23-7-9-24(28)10-8-23/h3-10,15-18,32H,2,11-14H2,1H3,(H2,29,33)/t18-,27?/m0/s1. The number of cyclic esters (lactones) is 1. The van der Waals surface area contributed by atoms with E-state index in [0.29, 0.717) is 31.4 Å². The number of benzene rings is 2. The maximum absolute atomic E-state index is 13.5. The second-order valence-corrected chi connectivity index (χ2v) is 8.76. The van der Waals surface area contributed by atoms with E-state index in [1.165, 1.54) is 18.3 Å². The lowest BCUT2D eigenvalue weighted by molar-refractivity contribution is -0.0680. The number of primary amides is 1. The second-order valence-electron chi connectivity index (χ2n) is 8.76. The van der Waals surface area contributed by atoms with Gasteiger partial charge < -0.3 is 20.5 Å². The quantitative estimate of drug-likeness (QED) is 0.495. The molecule has 2 amide bonds. The zero-order valence-corrected chi connectivity index (χ0v) is 19.5. The van der Waals surface area contributed by atoms with Gasteiger partial charge in [-0.05, 0) is 54.7 Å². The molecule has 1 fully saturated rings. The Hall–Kier alpha value is -3.78. The van der Waals surface area contributed by atoms with Crippen LogP contribution in [0.3, 0.4) is 0 Å². The minimum absolute atomic E-state index is 0.0230. The predicted molar refractivity (Wildman–Crippen MR) is 129 cm³/mol. The number of halogens is 1. The molecule has 0 aliphatic carbocycles. The smallest absolute Gasteiger partial charge is 0.411 e. The van der Waals surface area contributed by atoms with Gasteiger partial charge in [0, 0.05) is 37.5 Å². The Morgan fingerprint density at radius 3 is 2.51 bits per heavy atom. The number of nitrogens with two attached hydrogens (primary N) is 1. The topological polar surface area (TPSA) is 106 Å². The fraction of sp³-hybridized carbons (Fsp3) is 0.296. The van der Waals surface area contributed by atoms with Crippen molar-refractivity contribution in [1.29, 1.82) is 0 Å². The van der Waals surface area contributed by atoms with Gasteiger partial charge in [0.25, 0.3) is 0 Å². The minimum Gasteiger partial charge on any atom is -0.438 e. The first kappa shape index (κ1) is 24.3. The largest absolute Gasteiger partial charge is 0.438 e. The second kappa shape index (κ2) is 10.2. The van der Waals surface area contributed by atoms with Gasteiger partial charge in [0.05, 0.1) is 11.6 Å². The zero-order valence-electron chi connectivity index (χ0n) is 19.5. The molecule has 1 aliphatic rings. The summed E-state index contributed by atoms with van der Waals surface area (Å²) in [6.07, 6.45) is 4.08. The maximum atomic E-state index is 13.5. The molecule has 2 atom stereocenters. The van der Waals surface area contributed by atoms with Gasteiger partial charge >= 0.3 is 6.09 Å². The molecule has 3 N–H and O–H groups in total.